The van der Waals surface area contributed by atoms with Gasteiger partial charge in [0.05, 0.1) is 0 Å². The van der Waals surface area contributed by atoms with E-state index in [1.165, 1.54) is 6.42 Å². The highest BCUT2D eigenvalue weighted by molar-refractivity contribution is 5.88. The maximum absolute atomic E-state index is 13.3. The lowest BCUT2D eigenvalue weighted by atomic mass is 9.95. The number of nitrogens with one attached hydrogen (secondary N) is 1. The van der Waals surface area contributed by atoms with Crippen molar-refractivity contribution in [2.75, 3.05) is 6.61 Å². The minimum absolute atomic E-state index is 0.0926. The van der Waals surface area contributed by atoms with Crippen LogP contribution in [0.5, 0.6) is 5.75 Å². The van der Waals surface area contributed by atoms with Gasteiger partial charge in [-0.3, -0.25) is 9.59 Å². The van der Waals surface area contributed by atoms with Crippen LogP contribution in [0.3, 0.4) is 0 Å². The van der Waals surface area contributed by atoms with Crippen molar-refractivity contribution in [1.29, 1.82) is 0 Å². The van der Waals surface area contributed by atoms with Gasteiger partial charge in [-0.1, -0.05) is 55.2 Å². The Hall–Kier alpha value is -2.82. The first-order valence-electron chi connectivity index (χ1n) is 12.1. The summed E-state index contributed by atoms with van der Waals surface area (Å²) in [6, 6.07) is 11.8. The number of aryl methyl sites for hydroxylation is 3. The predicted molar refractivity (Wildman–Crippen MR) is 132 cm³/mol. The number of amides is 2. The van der Waals surface area contributed by atoms with Crippen LogP contribution in [-0.4, -0.2) is 35.4 Å². The highest BCUT2D eigenvalue weighted by atomic mass is 16.5. The molecule has 5 nitrogen and oxygen atoms in total. The Morgan fingerprint density at radius 1 is 1.00 bits per heavy atom. The zero-order valence-electron chi connectivity index (χ0n) is 20.7. The summed E-state index contributed by atoms with van der Waals surface area (Å²) in [7, 11) is 0. The Labute approximate surface area is 198 Å². The van der Waals surface area contributed by atoms with Crippen LogP contribution in [0.4, 0.5) is 0 Å². The van der Waals surface area contributed by atoms with E-state index in [2.05, 4.69) is 11.4 Å². The van der Waals surface area contributed by atoms with Gasteiger partial charge in [-0.05, 0) is 75.8 Å². The average Bonchev–Trinajstić information content (AvgIpc) is 2.80. The zero-order valence-corrected chi connectivity index (χ0v) is 20.7. The third-order valence-electron chi connectivity index (χ3n) is 6.71. The molecule has 1 aliphatic carbocycles. The molecule has 0 saturated heterocycles. The van der Waals surface area contributed by atoms with Crippen molar-refractivity contribution in [3.8, 4) is 5.75 Å². The molecular formula is C28H38N2O3. The summed E-state index contributed by atoms with van der Waals surface area (Å²) in [5.74, 6) is 0.431. The van der Waals surface area contributed by atoms with E-state index >= 15 is 0 Å². The van der Waals surface area contributed by atoms with E-state index in [0.717, 1.165) is 59.3 Å². The standard InChI is InChI=1S/C28H38N2O3/c1-19-11-13-24(14-12-19)17-30(23(5)28(32)29-25-9-7-6-8-10-25)27(31)18-33-26-16-20(2)15-21(3)22(26)4/h11-16,23,25H,6-10,17-18H2,1-5H3,(H,29,32). The number of hydrogen-bond donors (Lipinski definition) is 1. The molecule has 1 unspecified atom stereocenters. The highest BCUT2D eigenvalue weighted by Gasteiger charge is 2.28. The number of benzene rings is 2. The van der Waals surface area contributed by atoms with Crippen molar-refractivity contribution >= 4 is 11.8 Å². The summed E-state index contributed by atoms with van der Waals surface area (Å²) in [6.45, 7) is 10.2. The van der Waals surface area contributed by atoms with E-state index in [4.69, 9.17) is 4.74 Å². The molecule has 0 aliphatic heterocycles. The molecular weight excluding hydrogens is 412 g/mol. The first-order valence-corrected chi connectivity index (χ1v) is 12.1. The molecule has 0 aromatic heterocycles. The lowest BCUT2D eigenvalue weighted by molar-refractivity contribution is -0.142. The van der Waals surface area contributed by atoms with Crippen molar-refractivity contribution in [1.82, 2.24) is 10.2 Å². The summed E-state index contributed by atoms with van der Waals surface area (Å²) in [5.41, 5.74) is 5.41. The molecule has 0 radical (unpaired) electrons. The molecule has 2 aromatic rings. The SMILES string of the molecule is Cc1ccc(CN(C(=O)COc2cc(C)cc(C)c2C)C(C)C(=O)NC2CCCCC2)cc1. The largest absolute Gasteiger partial charge is 0.483 e. The van der Waals surface area contributed by atoms with Crippen LogP contribution in [0, 0.1) is 27.7 Å². The third kappa shape index (κ3) is 6.83. The fourth-order valence-corrected chi connectivity index (χ4v) is 4.41. The molecule has 1 aliphatic rings. The fraction of sp³-hybridized carbons (Fsp3) is 0.500. The quantitative estimate of drug-likeness (QED) is 0.604. The van der Waals surface area contributed by atoms with Crippen LogP contribution in [-0.2, 0) is 16.1 Å². The molecule has 2 aromatic carbocycles. The summed E-state index contributed by atoms with van der Waals surface area (Å²) < 4.78 is 5.95. The molecule has 0 bridgehead atoms. The van der Waals surface area contributed by atoms with E-state index in [1.54, 1.807) is 4.90 Å². The Morgan fingerprint density at radius 3 is 2.33 bits per heavy atom. The van der Waals surface area contributed by atoms with Gasteiger partial charge >= 0.3 is 0 Å². The van der Waals surface area contributed by atoms with Crippen LogP contribution >= 0.6 is 0 Å². The highest BCUT2D eigenvalue weighted by Crippen LogP contribution is 2.24. The molecule has 1 saturated carbocycles. The molecule has 3 rings (SSSR count). The monoisotopic (exact) mass is 450 g/mol. The van der Waals surface area contributed by atoms with Gasteiger partial charge in [-0.2, -0.15) is 0 Å². The van der Waals surface area contributed by atoms with Gasteiger partial charge in [0, 0.05) is 12.6 Å². The molecule has 0 spiro atoms. The predicted octanol–water partition coefficient (Wildman–Crippen LogP) is 5.17. The Bertz CT molecular complexity index is 962. The van der Waals surface area contributed by atoms with Crippen LogP contribution in [0.25, 0.3) is 0 Å². The first-order chi connectivity index (χ1) is 15.7. The van der Waals surface area contributed by atoms with Crippen molar-refractivity contribution in [2.45, 2.75) is 85.4 Å². The Kier molecular flexibility index (Phi) is 8.54. The molecule has 5 heteroatoms. The smallest absolute Gasteiger partial charge is 0.261 e. The third-order valence-corrected chi connectivity index (χ3v) is 6.71. The summed E-state index contributed by atoms with van der Waals surface area (Å²) in [5, 5.41) is 3.17. The lowest BCUT2D eigenvalue weighted by Crippen LogP contribution is -2.51. The van der Waals surface area contributed by atoms with E-state index < -0.39 is 6.04 Å². The summed E-state index contributed by atoms with van der Waals surface area (Å²) >= 11 is 0. The van der Waals surface area contributed by atoms with Gasteiger partial charge in [0.15, 0.2) is 6.61 Å². The summed E-state index contributed by atoms with van der Waals surface area (Å²) in [4.78, 5) is 28.0. The van der Waals surface area contributed by atoms with Crippen LogP contribution in [0.15, 0.2) is 36.4 Å². The zero-order chi connectivity index (χ0) is 24.0. The summed E-state index contributed by atoms with van der Waals surface area (Å²) in [6.07, 6.45) is 5.55. The molecule has 1 atom stereocenters. The van der Waals surface area contributed by atoms with Crippen LogP contribution < -0.4 is 10.1 Å². The number of hydrogen-bond acceptors (Lipinski definition) is 3. The molecule has 33 heavy (non-hydrogen) atoms. The molecule has 0 heterocycles. The maximum atomic E-state index is 13.3. The van der Waals surface area contributed by atoms with Gasteiger partial charge < -0.3 is 15.0 Å². The Balaban J connectivity index is 1.74. The topological polar surface area (TPSA) is 58.6 Å². The van der Waals surface area contributed by atoms with Gasteiger partial charge in [-0.15, -0.1) is 0 Å². The second-order valence-electron chi connectivity index (χ2n) is 9.52. The number of carbonyl (C=O) groups excluding carboxylic acids is 2. The molecule has 1 N–H and O–H groups in total. The first kappa shape index (κ1) is 24.8. The second-order valence-corrected chi connectivity index (χ2v) is 9.52. The van der Waals surface area contributed by atoms with Gasteiger partial charge in [-0.25, -0.2) is 0 Å². The van der Waals surface area contributed by atoms with E-state index in [1.807, 2.05) is 65.0 Å². The number of carbonyl (C=O) groups is 2. The van der Waals surface area contributed by atoms with Crippen molar-refractivity contribution in [2.24, 2.45) is 0 Å². The van der Waals surface area contributed by atoms with Crippen LogP contribution in [0.2, 0.25) is 0 Å². The minimum atomic E-state index is -0.579. The van der Waals surface area contributed by atoms with Gasteiger partial charge in [0.1, 0.15) is 11.8 Å². The number of rotatable bonds is 8. The van der Waals surface area contributed by atoms with Crippen molar-refractivity contribution in [3.05, 3.63) is 64.2 Å². The second kappa shape index (κ2) is 11.4. The van der Waals surface area contributed by atoms with Gasteiger partial charge in [0.2, 0.25) is 5.91 Å². The fourth-order valence-electron chi connectivity index (χ4n) is 4.41. The number of nitrogens with zero attached hydrogens (tertiary/aromatic N) is 1. The maximum Gasteiger partial charge on any atom is 0.261 e. The van der Waals surface area contributed by atoms with E-state index in [9.17, 15) is 9.59 Å². The average molecular weight is 451 g/mol. The normalized spacial score (nSPS) is 15.1. The van der Waals surface area contributed by atoms with Crippen LogP contribution in [0.1, 0.15) is 66.8 Å². The minimum Gasteiger partial charge on any atom is -0.483 e. The molecule has 178 valence electrons. The number of ether oxygens (including phenoxy) is 1. The van der Waals surface area contributed by atoms with E-state index in [0.29, 0.717) is 6.54 Å². The Morgan fingerprint density at radius 2 is 1.67 bits per heavy atom. The van der Waals surface area contributed by atoms with Gasteiger partial charge in [0.25, 0.3) is 5.91 Å². The van der Waals surface area contributed by atoms with Crippen molar-refractivity contribution in [3.63, 3.8) is 0 Å². The van der Waals surface area contributed by atoms with E-state index in [-0.39, 0.29) is 24.5 Å². The van der Waals surface area contributed by atoms with Crippen molar-refractivity contribution < 1.29 is 14.3 Å². The molecule has 2 amide bonds. The molecule has 1 fully saturated rings. The lowest BCUT2D eigenvalue weighted by Gasteiger charge is -2.31.